The standard InChI is InChI=1S/C36H29FN2O4/c37-26-17-15-25(16-18-26)35(40)30-9-1-4-10-31(30)38-32(36(41)42)23-24-13-19-27(20-14-24)43-22-21-39-33-11-5-2-7-28(33)29-8-3-6-12-34(29)39/h1-20,32,38H,21-23H2,(H,41,42)/t32-/m0/s1. The van der Waals surface area contributed by atoms with Crippen molar-refractivity contribution in [2.45, 2.75) is 19.0 Å². The Labute approximate surface area is 248 Å². The molecule has 1 heterocycles. The van der Waals surface area contributed by atoms with Gasteiger partial charge in [-0.2, -0.15) is 0 Å². The number of halogens is 1. The van der Waals surface area contributed by atoms with Crippen LogP contribution in [0.25, 0.3) is 21.8 Å². The molecule has 0 aliphatic heterocycles. The molecule has 6 rings (SSSR count). The first-order valence-corrected chi connectivity index (χ1v) is 14.0. The molecule has 7 heteroatoms. The lowest BCUT2D eigenvalue weighted by Crippen LogP contribution is -2.32. The van der Waals surface area contributed by atoms with E-state index in [-0.39, 0.29) is 12.2 Å². The van der Waals surface area contributed by atoms with Crippen molar-refractivity contribution in [3.8, 4) is 5.75 Å². The van der Waals surface area contributed by atoms with E-state index >= 15 is 0 Å². The van der Waals surface area contributed by atoms with Gasteiger partial charge in [0, 0.05) is 45.0 Å². The molecule has 0 fully saturated rings. The van der Waals surface area contributed by atoms with E-state index in [1.54, 1.807) is 24.3 Å². The van der Waals surface area contributed by atoms with E-state index in [0.29, 0.717) is 35.7 Å². The molecule has 2 N–H and O–H groups in total. The molecule has 1 atom stereocenters. The molecule has 0 saturated carbocycles. The van der Waals surface area contributed by atoms with Gasteiger partial charge < -0.3 is 19.7 Å². The zero-order valence-corrected chi connectivity index (χ0v) is 23.2. The molecule has 0 unspecified atom stereocenters. The van der Waals surface area contributed by atoms with E-state index in [9.17, 15) is 19.1 Å². The van der Waals surface area contributed by atoms with Gasteiger partial charge in [-0.25, -0.2) is 9.18 Å². The number of aromatic nitrogens is 1. The van der Waals surface area contributed by atoms with Crippen LogP contribution >= 0.6 is 0 Å². The largest absolute Gasteiger partial charge is 0.492 e. The second-order valence-corrected chi connectivity index (χ2v) is 10.3. The molecular weight excluding hydrogens is 543 g/mol. The van der Waals surface area contributed by atoms with Crippen LogP contribution in [-0.2, 0) is 17.8 Å². The Hall–Kier alpha value is -5.43. The van der Waals surface area contributed by atoms with Crippen LogP contribution in [0.1, 0.15) is 21.5 Å². The Morgan fingerprint density at radius 1 is 0.767 bits per heavy atom. The number of hydrogen-bond donors (Lipinski definition) is 2. The lowest BCUT2D eigenvalue weighted by molar-refractivity contribution is -0.137. The van der Waals surface area contributed by atoms with Gasteiger partial charge in [-0.05, 0) is 66.2 Å². The highest BCUT2D eigenvalue weighted by molar-refractivity contribution is 6.12. The first kappa shape index (κ1) is 27.7. The summed E-state index contributed by atoms with van der Waals surface area (Å²) < 4.78 is 21.7. The number of carboxylic acids is 1. The van der Waals surface area contributed by atoms with Crippen molar-refractivity contribution in [2.24, 2.45) is 0 Å². The van der Waals surface area contributed by atoms with Crippen molar-refractivity contribution in [1.82, 2.24) is 4.57 Å². The zero-order chi connectivity index (χ0) is 29.8. The molecule has 0 amide bonds. The summed E-state index contributed by atoms with van der Waals surface area (Å²) in [6.07, 6.45) is 0.191. The highest BCUT2D eigenvalue weighted by Crippen LogP contribution is 2.29. The minimum absolute atomic E-state index is 0.191. The fourth-order valence-electron chi connectivity index (χ4n) is 5.41. The Balaban J connectivity index is 1.11. The maximum absolute atomic E-state index is 13.3. The van der Waals surface area contributed by atoms with E-state index in [1.807, 2.05) is 48.5 Å². The number of aliphatic carboxylic acids is 1. The molecule has 0 saturated heterocycles. The number of nitrogens with one attached hydrogen (secondary N) is 1. The molecule has 1 aromatic heterocycles. The third kappa shape index (κ3) is 5.97. The molecule has 0 radical (unpaired) electrons. The second-order valence-electron chi connectivity index (χ2n) is 10.3. The lowest BCUT2D eigenvalue weighted by atomic mass is 10.00. The average molecular weight is 573 g/mol. The Morgan fingerprint density at radius 2 is 1.37 bits per heavy atom. The molecular formula is C36H29FN2O4. The number of ketones is 1. The number of rotatable bonds is 11. The van der Waals surface area contributed by atoms with Crippen LogP contribution in [0.3, 0.4) is 0 Å². The molecule has 0 bridgehead atoms. The van der Waals surface area contributed by atoms with Gasteiger partial charge in [0.05, 0.1) is 6.54 Å². The topological polar surface area (TPSA) is 80.6 Å². The van der Waals surface area contributed by atoms with Crippen LogP contribution in [-0.4, -0.2) is 34.1 Å². The number of benzene rings is 5. The van der Waals surface area contributed by atoms with E-state index in [0.717, 1.165) is 16.6 Å². The number of fused-ring (bicyclic) bond motifs is 3. The quantitative estimate of drug-likeness (QED) is 0.159. The van der Waals surface area contributed by atoms with Gasteiger partial charge in [-0.3, -0.25) is 4.79 Å². The maximum Gasteiger partial charge on any atom is 0.326 e. The van der Waals surface area contributed by atoms with Crippen molar-refractivity contribution < 1.29 is 23.8 Å². The van der Waals surface area contributed by atoms with Crippen LogP contribution in [0.15, 0.2) is 121 Å². The van der Waals surface area contributed by atoms with Crippen molar-refractivity contribution in [2.75, 3.05) is 11.9 Å². The number of ether oxygens (including phenoxy) is 1. The summed E-state index contributed by atoms with van der Waals surface area (Å²) in [5.74, 6) is -1.11. The number of carboxylic acid groups (broad SMARTS) is 1. The fraction of sp³-hybridized carbons (Fsp3) is 0.111. The van der Waals surface area contributed by atoms with Crippen LogP contribution in [0.4, 0.5) is 10.1 Å². The third-order valence-electron chi connectivity index (χ3n) is 7.53. The van der Waals surface area contributed by atoms with Crippen molar-refractivity contribution in [3.63, 3.8) is 0 Å². The smallest absolute Gasteiger partial charge is 0.326 e. The van der Waals surface area contributed by atoms with Crippen molar-refractivity contribution >= 4 is 39.2 Å². The van der Waals surface area contributed by atoms with Gasteiger partial charge in [0.2, 0.25) is 0 Å². The summed E-state index contributed by atoms with van der Waals surface area (Å²) in [6.45, 7) is 1.15. The van der Waals surface area contributed by atoms with E-state index in [2.05, 4.69) is 34.1 Å². The van der Waals surface area contributed by atoms with Crippen LogP contribution in [0.5, 0.6) is 5.75 Å². The number of anilines is 1. The molecule has 6 nitrogen and oxygen atoms in total. The second kappa shape index (κ2) is 12.2. The molecule has 6 aromatic rings. The molecule has 0 aliphatic carbocycles. The van der Waals surface area contributed by atoms with Crippen LogP contribution < -0.4 is 10.1 Å². The summed E-state index contributed by atoms with van der Waals surface area (Å²) in [5, 5.41) is 15.4. The average Bonchev–Trinajstić information content (AvgIpc) is 3.35. The van der Waals surface area contributed by atoms with Gasteiger partial charge in [0.25, 0.3) is 0 Å². The minimum Gasteiger partial charge on any atom is -0.492 e. The first-order chi connectivity index (χ1) is 21.0. The molecule has 5 aromatic carbocycles. The number of para-hydroxylation sites is 3. The minimum atomic E-state index is -1.05. The molecule has 43 heavy (non-hydrogen) atoms. The maximum atomic E-state index is 13.3. The lowest BCUT2D eigenvalue weighted by Gasteiger charge is -2.18. The predicted molar refractivity (Wildman–Crippen MR) is 166 cm³/mol. The predicted octanol–water partition coefficient (Wildman–Crippen LogP) is 7.35. The molecule has 214 valence electrons. The number of carbonyl (C=O) groups excluding carboxylic acids is 1. The Morgan fingerprint density at radius 3 is 2.02 bits per heavy atom. The molecule has 0 spiro atoms. The van der Waals surface area contributed by atoms with E-state index < -0.39 is 17.8 Å². The zero-order valence-electron chi connectivity index (χ0n) is 23.2. The van der Waals surface area contributed by atoms with Crippen LogP contribution in [0, 0.1) is 5.82 Å². The van der Waals surface area contributed by atoms with Crippen molar-refractivity contribution in [1.29, 1.82) is 0 Å². The Bertz CT molecular complexity index is 1860. The summed E-state index contributed by atoms with van der Waals surface area (Å²) in [7, 11) is 0. The molecule has 0 aliphatic rings. The highest BCUT2D eigenvalue weighted by Gasteiger charge is 2.21. The van der Waals surface area contributed by atoms with Crippen LogP contribution in [0.2, 0.25) is 0 Å². The Kier molecular flexibility index (Phi) is 7.87. The van der Waals surface area contributed by atoms with E-state index in [4.69, 9.17) is 4.74 Å². The summed E-state index contributed by atoms with van der Waals surface area (Å²) in [4.78, 5) is 25.3. The van der Waals surface area contributed by atoms with Gasteiger partial charge in [0.1, 0.15) is 24.2 Å². The summed E-state index contributed by atoms with van der Waals surface area (Å²) in [5.41, 5.74) is 4.15. The van der Waals surface area contributed by atoms with E-state index in [1.165, 1.54) is 35.0 Å². The SMILES string of the molecule is O=C(c1ccc(F)cc1)c1ccccc1N[C@@H](Cc1ccc(OCCn2c3ccccc3c3ccccc32)cc1)C(=O)O. The monoisotopic (exact) mass is 572 g/mol. The first-order valence-electron chi connectivity index (χ1n) is 14.0. The summed E-state index contributed by atoms with van der Waals surface area (Å²) in [6, 6.07) is 35.1. The number of carbonyl (C=O) groups is 2. The van der Waals surface area contributed by atoms with Gasteiger partial charge in [-0.15, -0.1) is 0 Å². The summed E-state index contributed by atoms with van der Waals surface area (Å²) >= 11 is 0. The van der Waals surface area contributed by atoms with Gasteiger partial charge in [-0.1, -0.05) is 60.7 Å². The van der Waals surface area contributed by atoms with Gasteiger partial charge >= 0.3 is 5.97 Å². The van der Waals surface area contributed by atoms with Crippen molar-refractivity contribution in [3.05, 3.63) is 144 Å². The third-order valence-corrected chi connectivity index (χ3v) is 7.53. The van der Waals surface area contributed by atoms with Gasteiger partial charge in [0.15, 0.2) is 5.78 Å². The normalized spacial score (nSPS) is 11.8. The highest BCUT2D eigenvalue weighted by atomic mass is 19.1. The number of nitrogens with zero attached hydrogens (tertiary/aromatic N) is 1. The fourth-order valence-corrected chi connectivity index (χ4v) is 5.41. The number of hydrogen-bond acceptors (Lipinski definition) is 4.